The van der Waals surface area contributed by atoms with Crippen molar-refractivity contribution < 1.29 is 0 Å². The molecule has 3 rings (SSSR count). The molecule has 0 radical (unpaired) electrons. The first-order chi connectivity index (χ1) is 8.92. The lowest BCUT2D eigenvalue weighted by molar-refractivity contribution is 0.364. The van der Waals surface area contributed by atoms with Gasteiger partial charge in [-0.3, -0.25) is 0 Å². The van der Waals surface area contributed by atoms with Crippen molar-refractivity contribution in [1.29, 1.82) is 0 Å². The Morgan fingerprint density at radius 2 is 2.33 bits per heavy atom. The molecule has 0 spiro atoms. The van der Waals surface area contributed by atoms with Crippen molar-refractivity contribution in [1.82, 2.24) is 10.3 Å². The second kappa shape index (κ2) is 5.67. The number of nitrogens with one attached hydrogen (secondary N) is 2. The van der Waals surface area contributed by atoms with E-state index < -0.39 is 0 Å². The van der Waals surface area contributed by atoms with Gasteiger partial charge in [0.1, 0.15) is 0 Å². The van der Waals surface area contributed by atoms with Crippen LogP contribution in [0.15, 0.2) is 24.3 Å². The van der Waals surface area contributed by atoms with Gasteiger partial charge in [0, 0.05) is 6.54 Å². The van der Waals surface area contributed by atoms with Crippen molar-refractivity contribution in [3.05, 3.63) is 24.3 Å². The molecule has 1 aliphatic heterocycles. The van der Waals surface area contributed by atoms with Crippen molar-refractivity contribution in [2.75, 3.05) is 25.0 Å². The molecule has 1 aromatic carbocycles. The van der Waals surface area contributed by atoms with E-state index in [-0.39, 0.29) is 0 Å². The number of fused-ring (bicyclic) bond motifs is 1. The Hall–Kier alpha value is -1.13. The van der Waals surface area contributed by atoms with Gasteiger partial charge in [0.2, 0.25) is 0 Å². The first-order valence-electron chi connectivity index (χ1n) is 6.72. The van der Waals surface area contributed by atoms with Crippen LogP contribution in [0.4, 0.5) is 5.13 Å². The lowest BCUT2D eigenvalue weighted by Gasteiger charge is -2.22. The van der Waals surface area contributed by atoms with E-state index in [1.807, 2.05) is 6.07 Å². The summed E-state index contributed by atoms with van der Waals surface area (Å²) in [7, 11) is 0. The number of para-hydroxylation sites is 1. The van der Waals surface area contributed by atoms with E-state index in [1.54, 1.807) is 11.3 Å². The van der Waals surface area contributed by atoms with Gasteiger partial charge in [-0.05, 0) is 50.4 Å². The lowest BCUT2D eigenvalue weighted by Crippen LogP contribution is -2.30. The quantitative estimate of drug-likeness (QED) is 0.888. The summed E-state index contributed by atoms with van der Waals surface area (Å²) in [5.74, 6) is 0.834. The van der Waals surface area contributed by atoms with Crippen LogP contribution in [0.1, 0.15) is 19.3 Å². The van der Waals surface area contributed by atoms with Gasteiger partial charge in [-0.15, -0.1) is 0 Å². The van der Waals surface area contributed by atoms with Crippen molar-refractivity contribution in [3.63, 3.8) is 0 Å². The molecule has 0 saturated carbocycles. The number of hydrogen-bond donors (Lipinski definition) is 2. The van der Waals surface area contributed by atoms with E-state index in [1.165, 1.54) is 37.1 Å². The molecular formula is C14H19N3S. The van der Waals surface area contributed by atoms with E-state index in [4.69, 9.17) is 0 Å². The summed E-state index contributed by atoms with van der Waals surface area (Å²) in [6.07, 6.45) is 3.93. The molecule has 1 saturated heterocycles. The van der Waals surface area contributed by atoms with E-state index in [0.29, 0.717) is 0 Å². The fourth-order valence-corrected chi connectivity index (χ4v) is 3.39. The van der Waals surface area contributed by atoms with Crippen LogP contribution < -0.4 is 10.6 Å². The Balaban J connectivity index is 1.53. The fraction of sp³-hybridized carbons (Fsp3) is 0.500. The molecule has 0 amide bonds. The summed E-state index contributed by atoms with van der Waals surface area (Å²) in [5.41, 5.74) is 1.10. The summed E-state index contributed by atoms with van der Waals surface area (Å²) >= 11 is 1.75. The Labute approximate surface area is 112 Å². The third-order valence-corrected chi connectivity index (χ3v) is 4.52. The lowest BCUT2D eigenvalue weighted by atomic mass is 9.96. The van der Waals surface area contributed by atoms with Crippen LogP contribution in [0.2, 0.25) is 0 Å². The molecule has 1 unspecified atom stereocenters. The Kier molecular flexibility index (Phi) is 3.76. The molecule has 1 aromatic heterocycles. The molecule has 2 heterocycles. The van der Waals surface area contributed by atoms with Crippen molar-refractivity contribution in [2.24, 2.45) is 5.92 Å². The summed E-state index contributed by atoms with van der Waals surface area (Å²) in [6, 6.07) is 8.31. The van der Waals surface area contributed by atoms with Gasteiger partial charge in [0.25, 0.3) is 0 Å². The number of piperidine rings is 1. The zero-order valence-corrected chi connectivity index (χ0v) is 11.3. The number of aromatic nitrogens is 1. The van der Waals surface area contributed by atoms with E-state index in [0.717, 1.165) is 23.1 Å². The van der Waals surface area contributed by atoms with Crippen LogP contribution in [0, 0.1) is 5.92 Å². The van der Waals surface area contributed by atoms with Crippen LogP contribution >= 0.6 is 11.3 Å². The molecule has 2 N–H and O–H groups in total. The fourth-order valence-electron chi connectivity index (χ4n) is 2.50. The smallest absolute Gasteiger partial charge is 0.183 e. The molecule has 1 fully saturated rings. The predicted molar refractivity (Wildman–Crippen MR) is 78.3 cm³/mol. The summed E-state index contributed by atoms with van der Waals surface area (Å²) in [5, 5.41) is 7.98. The zero-order valence-electron chi connectivity index (χ0n) is 10.5. The van der Waals surface area contributed by atoms with E-state index >= 15 is 0 Å². The molecule has 2 aromatic rings. The molecule has 0 bridgehead atoms. The van der Waals surface area contributed by atoms with Crippen LogP contribution in [0.3, 0.4) is 0 Å². The van der Waals surface area contributed by atoms with E-state index in [9.17, 15) is 0 Å². The van der Waals surface area contributed by atoms with Crippen LogP contribution in [0.25, 0.3) is 10.2 Å². The van der Waals surface area contributed by atoms with Gasteiger partial charge in [0.05, 0.1) is 10.2 Å². The van der Waals surface area contributed by atoms with Gasteiger partial charge >= 0.3 is 0 Å². The van der Waals surface area contributed by atoms with Crippen molar-refractivity contribution in [2.45, 2.75) is 19.3 Å². The molecule has 3 nitrogen and oxygen atoms in total. The standard InChI is InChI=1S/C14H19N3S/c1-2-6-13-12(5-1)17-14(18-13)16-9-7-11-4-3-8-15-10-11/h1-2,5-6,11,15H,3-4,7-10H2,(H,16,17). The summed E-state index contributed by atoms with van der Waals surface area (Å²) < 4.78 is 1.26. The molecule has 1 atom stereocenters. The maximum absolute atomic E-state index is 4.59. The van der Waals surface area contributed by atoms with Gasteiger partial charge in [-0.1, -0.05) is 23.5 Å². The molecule has 96 valence electrons. The number of thiazole rings is 1. The second-order valence-electron chi connectivity index (χ2n) is 4.91. The van der Waals surface area contributed by atoms with Crippen molar-refractivity contribution >= 4 is 26.7 Å². The predicted octanol–water partition coefficient (Wildman–Crippen LogP) is 3.10. The average Bonchev–Trinajstić information content (AvgIpc) is 2.82. The van der Waals surface area contributed by atoms with Gasteiger partial charge in [-0.25, -0.2) is 4.98 Å². The van der Waals surface area contributed by atoms with E-state index in [2.05, 4.69) is 33.8 Å². The highest BCUT2D eigenvalue weighted by Gasteiger charge is 2.12. The van der Waals surface area contributed by atoms with Crippen LogP contribution in [0.5, 0.6) is 0 Å². The highest BCUT2D eigenvalue weighted by Crippen LogP contribution is 2.25. The summed E-state index contributed by atoms with van der Waals surface area (Å²) in [4.78, 5) is 4.59. The monoisotopic (exact) mass is 261 g/mol. The Morgan fingerprint density at radius 1 is 1.39 bits per heavy atom. The topological polar surface area (TPSA) is 37.0 Å². The minimum absolute atomic E-state index is 0.834. The third-order valence-electron chi connectivity index (χ3n) is 3.52. The van der Waals surface area contributed by atoms with Gasteiger partial charge in [0.15, 0.2) is 5.13 Å². The van der Waals surface area contributed by atoms with Crippen LogP contribution in [-0.2, 0) is 0 Å². The zero-order chi connectivity index (χ0) is 12.2. The minimum Gasteiger partial charge on any atom is -0.361 e. The third kappa shape index (κ3) is 2.82. The number of nitrogens with zero attached hydrogens (tertiary/aromatic N) is 1. The number of rotatable bonds is 4. The highest BCUT2D eigenvalue weighted by atomic mass is 32.1. The molecule has 4 heteroatoms. The number of benzene rings is 1. The Morgan fingerprint density at radius 3 is 3.17 bits per heavy atom. The molecule has 0 aliphatic carbocycles. The largest absolute Gasteiger partial charge is 0.361 e. The highest BCUT2D eigenvalue weighted by molar-refractivity contribution is 7.22. The molecule has 1 aliphatic rings. The molecular weight excluding hydrogens is 242 g/mol. The normalized spacial score (nSPS) is 20.1. The average molecular weight is 261 g/mol. The van der Waals surface area contributed by atoms with Crippen LogP contribution in [-0.4, -0.2) is 24.6 Å². The first-order valence-corrected chi connectivity index (χ1v) is 7.53. The second-order valence-corrected chi connectivity index (χ2v) is 5.95. The van der Waals surface area contributed by atoms with Gasteiger partial charge < -0.3 is 10.6 Å². The minimum atomic E-state index is 0.834. The molecule has 18 heavy (non-hydrogen) atoms. The SMILES string of the molecule is c1ccc2sc(NCCC3CCCNC3)nc2c1. The summed E-state index contributed by atoms with van der Waals surface area (Å²) in [6.45, 7) is 3.41. The first kappa shape index (κ1) is 11.9. The van der Waals surface area contributed by atoms with Gasteiger partial charge in [-0.2, -0.15) is 0 Å². The Bertz CT molecular complexity index is 469. The number of anilines is 1. The number of hydrogen-bond acceptors (Lipinski definition) is 4. The maximum Gasteiger partial charge on any atom is 0.183 e. The maximum atomic E-state index is 4.59. The van der Waals surface area contributed by atoms with Crippen molar-refractivity contribution in [3.8, 4) is 0 Å².